The van der Waals surface area contributed by atoms with Crippen molar-refractivity contribution < 1.29 is 14.5 Å². The van der Waals surface area contributed by atoms with Gasteiger partial charge in [-0.05, 0) is 37.1 Å². The Morgan fingerprint density at radius 1 is 1.23 bits per heavy atom. The first-order valence-corrected chi connectivity index (χ1v) is 8.33. The lowest BCUT2D eigenvalue weighted by atomic mass is 10.1. The summed E-state index contributed by atoms with van der Waals surface area (Å²) in [6, 6.07) is 11.8. The number of nitrogens with zero attached hydrogens (tertiary/aromatic N) is 2. The van der Waals surface area contributed by atoms with Crippen LogP contribution in [-0.2, 0) is 4.79 Å². The average Bonchev–Trinajstić information content (AvgIpc) is 3.06. The van der Waals surface area contributed by atoms with E-state index in [0.717, 1.165) is 12.1 Å². The van der Waals surface area contributed by atoms with Crippen molar-refractivity contribution in [3.05, 3.63) is 75.3 Å². The molecule has 1 saturated heterocycles. The molecule has 3 rings (SSSR count). The zero-order chi connectivity index (χ0) is 18.7. The molecular formula is C20H18N2O4. The molecule has 1 amide bonds. The van der Waals surface area contributed by atoms with Crippen LogP contribution in [0, 0.1) is 17.0 Å². The molecule has 0 spiro atoms. The first-order chi connectivity index (χ1) is 12.5. The van der Waals surface area contributed by atoms with Gasteiger partial charge in [-0.1, -0.05) is 30.3 Å². The van der Waals surface area contributed by atoms with Gasteiger partial charge < -0.3 is 4.90 Å². The highest BCUT2D eigenvalue weighted by Crippen LogP contribution is 2.23. The van der Waals surface area contributed by atoms with Crippen molar-refractivity contribution in [3.63, 3.8) is 0 Å². The quantitative estimate of drug-likeness (QED) is 0.354. The largest absolute Gasteiger partial charge is 0.312 e. The molecule has 1 aliphatic heterocycles. The van der Waals surface area contributed by atoms with Crippen molar-refractivity contribution in [3.8, 4) is 0 Å². The Hall–Kier alpha value is -3.28. The third kappa shape index (κ3) is 3.69. The lowest BCUT2D eigenvalue weighted by Gasteiger charge is -2.16. The Morgan fingerprint density at radius 3 is 2.73 bits per heavy atom. The van der Waals surface area contributed by atoms with E-state index < -0.39 is 4.92 Å². The molecule has 1 aliphatic rings. The topological polar surface area (TPSA) is 80.5 Å². The molecule has 2 aromatic rings. The number of allylic oxidation sites excluding steroid dienone is 1. The number of nitro benzene ring substituents is 1. The first-order valence-electron chi connectivity index (χ1n) is 8.33. The summed E-state index contributed by atoms with van der Waals surface area (Å²) in [5, 5.41) is 11.0. The van der Waals surface area contributed by atoms with Gasteiger partial charge in [-0.3, -0.25) is 19.7 Å². The van der Waals surface area contributed by atoms with Crippen molar-refractivity contribution >= 4 is 29.1 Å². The number of rotatable bonds is 5. The summed E-state index contributed by atoms with van der Waals surface area (Å²) < 4.78 is 0. The minimum Gasteiger partial charge on any atom is -0.312 e. The summed E-state index contributed by atoms with van der Waals surface area (Å²) in [6.45, 7) is 2.33. The maximum Gasteiger partial charge on any atom is 0.272 e. The van der Waals surface area contributed by atoms with Gasteiger partial charge in [-0.15, -0.1) is 0 Å². The van der Waals surface area contributed by atoms with Gasteiger partial charge in [0.2, 0.25) is 5.91 Å². The molecule has 0 atom stereocenters. The minimum absolute atomic E-state index is 0.0224. The van der Waals surface area contributed by atoms with Gasteiger partial charge in [0.1, 0.15) is 0 Å². The van der Waals surface area contributed by atoms with Gasteiger partial charge in [0.05, 0.1) is 4.92 Å². The molecule has 26 heavy (non-hydrogen) atoms. The lowest BCUT2D eigenvalue weighted by molar-refractivity contribution is -0.385. The maximum atomic E-state index is 12.4. The normalized spacial score (nSPS) is 14.2. The molecular weight excluding hydrogens is 332 g/mol. The predicted octanol–water partition coefficient (Wildman–Crippen LogP) is 3.93. The summed E-state index contributed by atoms with van der Waals surface area (Å²) in [7, 11) is 0. The van der Waals surface area contributed by atoms with Crippen LogP contribution in [0.2, 0.25) is 0 Å². The number of benzene rings is 2. The molecule has 0 aromatic heterocycles. The molecule has 0 bridgehead atoms. The van der Waals surface area contributed by atoms with E-state index in [1.165, 1.54) is 12.1 Å². The second-order valence-electron chi connectivity index (χ2n) is 6.20. The maximum absolute atomic E-state index is 12.4. The Balaban J connectivity index is 1.80. The van der Waals surface area contributed by atoms with Crippen LogP contribution in [0.4, 0.5) is 11.4 Å². The molecule has 0 aliphatic carbocycles. The second-order valence-corrected chi connectivity index (χ2v) is 6.20. The smallest absolute Gasteiger partial charge is 0.272 e. The van der Waals surface area contributed by atoms with Crippen molar-refractivity contribution in [2.24, 2.45) is 0 Å². The van der Waals surface area contributed by atoms with Gasteiger partial charge in [-0.2, -0.15) is 0 Å². The number of carbonyl (C=O) groups is 2. The summed E-state index contributed by atoms with van der Waals surface area (Å²) >= 11 is 0. The van der Waals surface area contributed by atoms with Gasteiger partial charge >= 0.3 is 0 Å². The fraction of sp³-hybridized carbons (Fsp3) is 0.200. The monoisotopic (exact) mass is 350 g/mol. The van der Waals surface area contributed by atoms with E-state index in [4.69, 9.17) is 0 Å². The van der Waals surface area contributed by atoms with Crippen LogP contribution in [0.15, 0.2) is 48.5 Å². The fourth-order valence-electron chi connectivity index (χ4n) is 2.94. The number of hydrogen-bond acceptors (Lipinski definition) is 4. The molecule has 0 unspecified atom stereocenters. The summed E-state index contributed by atoms with van der Waals surface area (Å²) in [6.07, 6.45) is 4.30. The number of hydrogen-bond donors (Lipinski definition) is 0. The lowest BCUT2D eigenvalue weighted by Crippen LogP contribution is -2.23. The Morgan fingerprint density at radius 2 is 2.04 bits per heavy atom. The zero-order valence-corrected chi connectivity index (χ0v) is 14.3. The summed E-state index contributed by atoms with van der Waals surface area (Å²) in [5.74, 6) is -0.154. The van der Waals surface area contributed by atoms with Crippen LogP contribution in [0.25, 0.3) is 6.08 Å². The molecule has 6 nitrogen and oxygen atoms in total. The average molecular weight is 350 g/mol. The van der Waals surface area contributed by atoms with Gasteiger partial charge in [0, 0.05) is 35.8 Å². The van der Waals surface area contributed by atoms with E-state index in [2.05, 4.69) is 0 Å². The number of ketones is 1. The number of nitro groups is 1. The Kier molecular flexibility index (Phi) is 4.93. The van der Waals surface area contributed by atoms with Crippen LogP contribution < -0.4 is 4.90 Å². The molecule has 0 saturated carbocycles. The highest BCUT2D eigenvalue weighted by atomic mass is 16.6. The highest BCUT2D eigenvalue weighted by Gasteiger charge is 2.22. The van der Waals surface area contributed by atoms with Crippen molar-refractivity contribution in [1.29, 1.82) is 0 Å². The van der Waals surface area contributed by atoms with Gasteiger partial charge in [0.15, 0.2) is 5.78 Å². The number of amides is 1. The standard InChI is InChI=1S/C20H18N2O4/c1-14-7-8-15(12-18(14)22(25)26)9-10-19(23)16-4-2-5-17(13-16)21-11-3-6-20(21)24/h2,4-5,7-10,12-13H,3,6,11H2,1H3. The van der Waals surface area contributed by atoms with Crippen molar-refractivity contribution in [2.45, 2.75) is 19.8 Å². The summed E-state index contributed by atoms with van der Waals surface area (Å²) in [5.41, 5.74) is 2.37. The van der Waals surface area contributed by atoms with Crippen LogP contribution >= 0.6 is 0 Å². The highest BCUT2D eigenvalue weighted by molar-refractivity contribution is 6.08. The minimum atomic E-state index is -0.439. The van der Waals surface area contributed by atoms with Crippen LogP contribution in [0.3, 0.4) is 0 Å². The SMILES string of the molecule is Cc1ccc(C=CC(=O)c2cccc(N3CCCC3=O)c2)cc1[N+](=O)[O-]. The molecule has 6 heteroatoms. The van der Waals surface area contributed by atoms with E-state index in [-0.39, 0.29) is 17.4 Å². The number of carbonyl (C=O) groups excluding carboxylic acids is 2. The second kappa shape index (κ2) is 7.31. The van der Waals surface area contributed by atoms with Crippen LogP contribution in [0.1, 0.15) is 34.3 Å². The number of aryl methyl sites for hydroxylation is 1. The molecule has 0 radical (unpaired) electrons. The third-order valence-electron chi connectivity index (χ3n) is 4.37. The van der Waals surface area contributed by atoms with E-state index >= 15 is 0 Å². The van der Waals surface area contributed by atoms with E-state index in [1.807, 2.05) is 6.07 Å². The molecule has 1 heterocycles. The Labute approximate surface area is 150 Å². The zero-order valence-electron chi connectivity index (χ0n) is 14.3. The molecule has 2 aromatic carbocycles. The van der Waals surface area contributed by atoms with Crippen molar-refractivity contribution in [1.82, 2.24) is 0 Å². The van der Waals surface area contributed by atoms with Crippen molar-refractivity contribution in [2.75, 3.05) is 11.4 Å². The van der Waals surface area contributed by atoms with Crippen LogP contribution in [-0.4, -0.2) is 23.2 Å². The molecule has 132 valence electrons. The number of anilines is 1. The van der Waals surface area contributed by atoms with Gasteiger partial charge in [0.25, 0.3) is 5.69 Å². The van der Waals surface area contributed by atoms with E-state index in [0.29, 0.717) is 29.7 Å². The molecule has 1 fully saturated rings. The molecule has 0 N–H and O–H groups in total. The Bertz CT molecular complexity index is 918. The van der Waals surface area contributed by atoms with E-state index in [9.17, 15) is 19.7 Å². The van der Waals surface area contributed by atoms with Gasteiger partial charge in [-0.25, -0.2) is 0 Å². The summed E-state index contributed by atoms with van der Waals surface area (Å²) in [4.78, 5) is 36.5. The predicted molar refractivity (Wildman–Crippen MR) is 99.2 cm³/mol. The third-order valence-corrected chi connectivity index (χ3v) is 4.37. The first kappa shape index (κ1) is 17.5. The van der Waals surface area contributed by atoms with Crippen LogP contribution in [0.5, 0.6) is 0 Å². The fourth-order valence-corrected chi connectivity index (χ4v) is 2.94. The van der Waals surface area contributed by atoms with E-state index in [1.54, 1.807) is 48.2 Å².